The van der Waals surface area contributed by atoms with Gasteiger partial charge in [-0.25, -0.2) is 0 Å². The van der Waals surface area contributed by atoms with E-state index in [1.165, 1.54) is 0 Å². The molecule has 4 unspecified atom stereocenters. The molecule has 2 aliphatic heterocycles. The summed E-state index contributed by atoms with van der Waals surface area (Å²) in [5, 5.41) is 6.55. The summed E-state index contributed by atoms with van der Waals surface area (Å²) in [7, 11) is 0. The molecule has 2 fully saturated rings. The number of rotatable bonds is 2. The quantitative estimate of drug-likeness (QED) is 0.727. The molecule has 0 radical (unpaired) electrons. The molecule has 0 aromatic heterocycles. The van der Waals surface area contributed by atoms with Gasteiger partial charge in [0, 0.05) is 18.7 Å². The Morgan fingerprint density at radius 3 is 2.81 bits per heavy atom. The zero-order chi connectivity index (χ0) is 11.5. The summed E-state index contributed by atoms with van der Waals surface area (Å²) in [5.41, 5.74) is 0. The number of piperidine rings is 1. The van der Waals surface area contributed by atoms with Crippen LogP contribution < -0.4 is 10.6 Å². The number of ether oxygens (including phenoxy) is 1. The van der Waals surface area contributed by atoms with Crippen LogP contribution in [0.25, 0.3) is 0 Å². The molecule has 1 amide bonds. The second kappa shape index (κ2) is 5.15. The largest absolute Gasteiger partial charge is 0.378 e. The molecule has 0 saturated carbocycles. The van der Waals surface area contributed by atoms with E-state index in [0.717, 1.165) is 32.4 Å². The van der Waals surface area contributed by atoms with Crippen LogP contribution in [0.5, 0.6) is 0 Å². The number of hydrogen-bond acceptors (Lipinski definition) is 3. The lowest BCUT2D eigenvalue weighted by Gasteiger charge is -2.31. The first-order chi connectivity index (χ1) is 7.68. The highest BCUT2D eigenvalue weighted by Crippen LogP contribution is 2.21. The third kappa shape index (κ3) is 2.55. The molecule has 2 heterocycles. The summed E-state index contributed by atoms with van der Waals surface area (Å²) >= 11 is 0. The second-order valence-electron chi connectivity index (χ2n) is 4.97. The standard InChI is InChI=1S/C12H22N2O2/c1-8-11(4-3-6-13-8)14-12(15)10-5-7-16-9(10)2/h8-11,13H,3-7H2,1-2H3,(H,14,15). The van der Waals surface area contributed by atoms with E-state index in [2.05, 4.69) is 17.6 Å². The van der Waals surface area contributed by atoms with Gasteiger partial charge < -0.3 is 15.4 Å². The fraction of sp³-hybridized carbons (Fsp3) is 0.917. The maximum absolute atomic E-state index is 12.1. The molecule has 4 atom stereocenters. The third-order valence-corrected chi connectivity index (χ3v) is 3.80. The van der Waals surface area contributed by atoms with E-state index in [-0.39, 0.29) is 24.0 Å². The Balaban J connectivity index is 1.86. The SMILES string of the molecule is CC1NCCCC1NC(=O)C1CCOC1C. The Morgan fingerprint density at radius 1 is 1.38 bits per heavy atom. The van der Waals surface area contributed by atoms with Crippen LogP contribution >= 0.6 is 0 Å². The first-order valence-corrected chi connectivity index (χ1v) is 6.34. The van der Waals surface area contributed by atoms with Gasteiger partial charge in [0.15, 0.2) is 0 Å². The Kier molecular flexibility index (Phi) is 3.82. The summed E-state index contributed by atoms with van der Waals surface area (Å²) in [6.45, 7) is 5.91. The summed E-state index contributed by atoms with van der Waals surface area (Å²) < 4.78 is 5.43. The Labute approximate surface area is 97.1 Å². The molecule has 0 aliphatic carbocycles. The lowest BCUT2D eigenvalue weighted by molar-refractivity contribution is -0.127. The van der Waals surface area contributed by atoms with Crippen LogP contribution in [0.3, 0.4) is 0 Å². The van der Waals surface area contributed by atoms with Gasteiger partial charge in [0.05, 0.1) is 12.0 Å². The molecule has 2 saturated heterocycles. The van der Waals surface area contributed by atoms with Crippen molar-refractivity contribution in [3.05, 3.63) is 0 Å². The van der Waals surface area contributed by atoms with Gasteiger partial charge in [-0.15, -0.1) is 0 Å². The molecule has 16 heavy (non-hydrogen) atoms. The minimum Gasteiger partial charge on any atom is -0.378 e. The normalized spacial score (nSPS) is 39.6. The smallest absolute Gasteiger partial charge is 0.226 e. The summed E-state index contributed by atoms with van der Waals surface area (Å²) in [6, 6.07) is 0.671. The molecular weight excluding hydrogens is 204 g/mol. The van der Waals surface area contributed by atoms with Gasteiger partial charge in [-0.2, -0.15) is 0 Å². The average Bonchev–Trinajstić information content (AvgIpc) is 2.68. The van der Waals surface area contributed by atoms with Crippen molar-refractivity contribution in [2.75, 3.05) is 13.2 Å². The molecular formula is C12H22N2O2. The van der Waals surface area contributed by atoms with E-state index < -0.39 is 0 Å². The fourth-order valence-electron chi connectivity index (χ4n) is 2.61. The first kappa shape index (κ1) is 11.9. The van der Waals surface area contributed by atoms with Gasteiger partial charge in [-0.05, 0) is 39.7 Å². The third-order valence-electron chi connectivity index (χ3n) is 3.80. The maximum Gasteiger partial charge on any atom is 0.226 e. The first-order valence-electron chi connectivity index (χ1n) is 6.34. The minimum atomic E-state index is 0.0501. The maximum atomic E-state index is 12.1. The molecule has 0 aromatic rings. The van der Waals surface area contributed by atoms with Crippen LogP contribution in [0, 0.1) is 5.92 Å². The van der Waals surface area contributed by atoms with Gasteiger partial charge in [0.25, 0.3) is 0 Å². The molecule has 92 valence electrons. The van der Waals surface area contributed by atoms with Crippen molar-refractivity contribution in [2.24, 2.45) is 5.92 Å². The van der Waals surface area contributed by atoms with Crippen molar-refractivity contribution < 1.29 is 9.53 Å². The van der Waals surface area contributed by atoms with Crippen LogP contribution in [0.4, 0.5) is 0 Å². The number of nitrogens with one attached hydrogen (secondary N) is 2. The van der Waals surface area contributed by atoms with Crippen molar-refractivity contribution in [1.29, 1.82) is 0 Å². The van der Waals surface area contributed by atoms with Gasteiger partial charge in [0.1, 0.15) is 0 Å². The van der Waals surface area contributed by atoms with Crippen molar-refractivity contribution in [3.63, 3.8) is 0 Å². The highest BCUT2D eigenvalue weighted by atomic mass is 16.5. The lowest BCUT2D eigenvalue weighted by Crippen LogP contribution is -2.53. The lowest BCUT2D eigenvalue weighted by atomic mass is 9.97. The van der Waals surface area contributed by atoms with E-state index in [4.69, 9.17) is 4.74 Å². The monoisotopic (exact) mass is 226 g/mol. The van der Waals surface area contributed by atoms with Gasteiger partial charge in [-0.1, -0.05) is 0 Å². The van der Waals surface area contributed by atoms with Gasteiger partial charge in [-0.3, -0.25) is 4.79 Å². The predicted molar refractivity (Wildman–Crippen MR) is 62.2 cm³/mol. The number of hydrogen-bond donors (Lipinski definition) is 2. The van der Waals surface area contributed by atoms with Crippen LogP contribution in [-0.2, 0) is 9.53 Å². The van der Waals surface area contributed by atoms with Crippen molar-refractivity contribution in [3.8, 4) is 0 Å². The topological polar surface area (TPSA) is 50.4 Å². The Bertz CT molecular complexity index is 257. The molecule has 2 N–H and O–H groups in total. The van der Waals surface area contributed by atoms with Crippen LogP contribution in [0.1, 0.15) is 33.1 Å². The average molecular weight is 226 g/mol. The molecule has 4 heteroatoms. The zero-order valence-corrected chi connectivity index (χ0v) is 10.2. The molecule has 4 nitrogen and oxygen atoms in total. The molecule has 0 spiro atoms. The van der Waals surface area contributed by atoms with E-state index in [1.807, 2.05) is 6.92 Å². The van der Waals surface area contributed by atoms with E-state index >= 15 is 0 Å². The van der Waals surface area contributed by atoms with Crippen LogP contribution in [-0.4, -0.2) is 37.2 Å². The highest BCUT2D eigenvalue weighted by molar-refractivity contribution is 5.79. The Hall–Kier alpha value is -0.610. The van der Waals surface area contributed by atoms with E-state index in [1.54, 1.807) is 0 Å². The van der Waals surface area contributed by atoms with Crippen LogP contribution in [0.15, 0.2) is 0 Å². The minimum absolute atomic E-state index is 0.0501. The van der Waals surface area contributed by atoms with Gasteiger partial charge in [0.2, 0.25) is 5.91 Å². The Morgan fingerprint density at radius 2 is 2.19 bits per heavy atom. The zero-order valence-electron chi connectivity index (χ0n) is 10.2. The van der Waals surface area contributed by atoms with Crippen LogP contribution in [0.2, 0.25) is 0 Å². The highest BCUT2D eigenvalue weighted by Gasteiger charge is 2.33. The summed E-state index contributed by atoms with van der Waals surface area (Å²) in [4.78, 5) is 12.1. The number of carbonyl (C=O) groups excluding carboxylic acids is 1. The van der Waals surface area contributed by atoms with Crippen molar-refractivity contribution in [1.82, 2.24) is 10.6 Å². The molecule has 0 aromatic carbocycles. The number of carbonyl (C=O) groups is 1. The molecule has 2 aliphatic rings. The second-order valence-corrected chi connectivity index (χ2v) is 4.97. The van der Waals surface area contributed by atoms with Crippen molar-refractivity contribution >= 4 is 5.91 Å². The van der Waals surface area contributed by atoms with Gasteiger partial charge >= 0.3 is 0 Å². The molecule has 0 bridgehead atoms. The van der Waals surface area contributed by atoms with E-state index in [0.29, 0.717) is 6.04 Å². The summed E-state index contributed by atoms with van der Waals surface area (Å²) in [6.07, 6.45) is 3.17. The predicted octanol–water partition coefficient (Wildman–Crippen LogP) is 0.668. The van der Waals surface area contributed by atoms with E-state index in [9.17, 15) is 4.79 Å². The fourth-order valence-corrected chi connectivity index (χ4v) is 2.61. The number of amides is 1. The summed E-state index contributed by atoms with van der Waals surface area (Å²) in [5.74, 6) is 0.222. The van der Waals surface area contributed by atoms with Crippen molar-refractivity contribution in [2.45, 2.75) is 51.3 Å². The molecule has 2 rings (SSSR count).